The normalized spacial score (nSPS) is 18.7. The van der Waals surface area contributed by atoms with E-state index >= 15 is 0 Å². The average Bonchev–Trinajstić information content (AvgIpc) is 3.36. The highest BCUT2D eigenvalue weighted by atomic mass is 16.4. The molecule has 146 valence electrons. The molecule has 2 aromatic carbocycles. The molecule has 5 heteroatoms. The maximum Gasteiger partial charge on any atom is 0.321 e. The fourth-order valence-electron chi connectivity index (χ4n) is 4.41. The highest BCUT2D eigenvalue weighted by Gasteiger charge is 2.37. The number of nitrogens with one attached hydrogen (secondary N) is 1. The molecule has 2 atom stereocenters. The van der Waals surface area contributed by atoms with Gasteiger partial charge in [-0.15, -0.1) is 0 Å². The van der Waals surface area contributed by atoms with E-state index in [1.807, 2.05) is 30.3 Å². The van der Waals surface area contributed by atoms with E-state index < -0.39 is 12.0 Å². The number of carboxylic acids is 1. The van der Waals surface area contributed by atoms with Gasteiger partial charge in [-0.3, -0.25) is 10.1 Å². The molecule has 3 heterocycles. The summed E-state index contributed by atoms with van der Waals surface area (Å²) in [6, 6.07) is 19.5. The summed E-state index contributed by atoms with van der Waals surface area (Å²) in [5, 5.41) is 14.2. The third-order valence-corrected chi connectivity index (χ3v) is 5.73. The minimum absolute atomic E-state index is 0.314. The van der Waals surface area contributed by atoms with Gasteiger partial charge in [-0.25, -0.2) is 0 Å². The molecule has 5 rings (SSSR count). The van der Waals surface area contributed by atoms with E-state index in [0.29, 0.717) is 13.0 Å². The Balaban J connectivity index is 1.76. The average molecular weight is 386 g/mol. The molecular weight excluding hydrogens is 364 g/mol. The molecule has 5 nitrogen and oxygen atoms in total. The first-order valence-electron chi connectivity index (χ1n) is 9.79. The molecule has 0 aliphatic carbocycles. The van der Waals surface area contributed by atoms with E-state index in [4.69, 9.17) is 4.42 Å². The number of nitrogens with zero attached hydrogens (tertiary/aromatic N) is 1. The minimum atomic E-state index is -0.844. The topological polar surface area (TPSA) is 67.4 Å². The minimum Gasteiger partial charge on any atom is -0.480 e. The van der Waals surface area contributed by atoms with Crippen molar-refractivity contribution >= 4 is 16.9 Å². The zero-order valence-electron chi connectivity index (χ0n) is 16.1. The van der Waals surface area contributed by atoms with Crippen LogP contribution in [0.25, 0.3) is 10.9 Å². The van der Waals surface area contributed by atoms with E-state index in [-0.39, 0.29) is 6.04 Å². The summed E-state index contributed by atoms with van der Waals surface area (Å²) in [6.07, 6.45) is 2.08. The molecular formula is C24H22N2O3. The molecule has 1 aliphatic heterocycles. The van der Waals surface area contributed by atoms with Gasteiger partial charge in [-0.2, -0.15) is 0 Å². The maximum atomic E-state index is 11.9. The summed E-state index contributed by atoms with van der Waals surface area (Å²) < 4.78 is 8.02. The highest BCUT2D eigenvalue weighted by molar-refractivity contribution is 5.88. The molecule has 0 amide bonds. The summed E-state index contributed by atoms with van der Waals surface area (Å²) in [5.74, 6) is -0.116. The quantitative estimate of drug-likeness (QED) is 0.549. The molecule has 0 fully saturated rings. The Kier molecular flexibility index (Phi) is 4.25. The van der Waals surface area contributed by atoms with Crippen LogP contribution in [0.15, 0.2) is 71.3 Å². The number of aryl methyl sites for hydroxylation is 1. The lowest BCUT2D eigenvalue weighted by atomic mass is 9.92. The van der Waals surface area contributed by atoms with Gasteiger partial charge in [-0.1, -0.05) is 42.0 Å². The van der Waals surface area contributed by atoms with Gasteiger partial charge < -0.3 is 14.1 Å². The Bertz CT molecular complexity index is 1180. The molecule has 1 aliphatic rings. The largest absolute Gasteiger partial charge is 0.480 e. The van der Waals surface area contributed by atoms with Crippen LogP contribution in [0.2, 0.25) is 0 Å². The van der Waals surface area contributed by atoms with Crippen molar-refractivity contribution in [2.45, 2.75) is 32.0 Å². The van der Waals surface area contributed by atoms with Crippen LogP contribution in [-0.2, 0) is 17.8 Å². The molecule has 0 spiro atoms. The van der Waals surface area contributed by atoms with Gasteiger partial charge >= 0.3 is 5.97 Å². The number of furan rings is 1. The van der Waals surface area contributed by atoms with Gasteiger partial charge in [0.25, 0.3) is 0 Å². The van der Waals surface area contributed by atoms with Crippen LogP contribution in [0.1, 0.15) is 34.2 Å². The number of carboxylic acid groups (broad SMARTS) is 1. The van der Waals surface area contributed by atoms with E-state index in [1.165, 1.54) is 5.56 Å². The zero-order valence-corrected chi connectivity index (χ0v) is 16.1. The van der Waals surface area contributed by atoms with Crippen molar-refractivity contribution < 1.29 is 14.3 Å². The summed E-state index contributed by atoms with van der Waals surface area (Å²) >= 11 is 0. The van der Waals surface area contributed by atoms with Gasteiger partial charge in [-0.05, 0) is 42.3 Å². The Labute approximate surface area is 168 Å². The van der Waals surface area contributed by atoms with Crippen molar-refractivity contribution in [3.63, 3.8) is 0 Å². The van der Waals surface area contributed by atoms with Gasteiger partial charge in [0.1, 0.15) is 17.8 Å². The summed E-state index contributed by atoms with van der Waals surface area (Å²) in [7, 11) is 0. The molecule has 4 aromatic rings. The molecule has 0 bridgehead atoms. The summed E-state index contributed by atoms with van der Waals surface area (Å²) in [6.45, 7) is 2.78. The van der Waals surface area contributed by atoms with Crippen LogP contribution in [0.4, 0.5) is 0 Å². The molecule has 2 unspecified atom stereocenters. The number of carbonyl (C=O) groups is 1. The first-order valence-corrected chi connectivity index (χ1v) is 9.79. The standard InChI is InChI=1S/C24H22N2O3/c1-15-9-10-20-17(12-15)18-13-19(24(27)28)25-22(21-8-5-11-29-21)23(18)26(20)14-16-6-3-2-4-7-16/h2-12,19,22,25H,13-14H2,1H3,(H,27,28). The Morgan fingerprint density at radius 1 is 1.17 bits per heavy atom. The fourth-order valence-corrected chi connectivity index (χ4v) is 4.41. The second-order valence-corrected chi connectivity index (χ2v) is 7.67. The monoisotopic (exact) mass is 386 g/mol. The fraction of sp³-hybridized carbons (Fsp3) is 0.208. The first kappa shape index (κ1) is 17.8. The lowest BCUT2D eigenvalue weighted by Crippen LogP contribution is -2.45. The van der Waals surface area contributed by atoms with E-state index in [0.717, 1.165) is 33.5 Å². The zero-order chi connectivity index (χ0) is 20.0. The predicted molar refractivity (Wildman–Crippen MR) is 111 cm³/mol. The Morgan fingerprint density at radius 2 is 2.00 bits per heavy atom. The first-order chi connectivity index (χ1) is 14.1. The second kappa shape index (κ2) is 6.94. The SMILES string of the molecule is Cc1ccc2c(c1)c1c(n2Cc2ccccc2)C(c2ccco2)NC(C(=O)O)C1. The van der Waals surface area contributed by atoms with Crippen LogP contribution < -0.4 is 5.32 Å². The van der Waals surface area contributed by atoms with Crippen molar-refractivity contribution in [2.75, 3.05) is 0 Å². The summed E-state index contributed by atoms with van der Waals surface area (Å²) in [4.78, 5) is 11.9. The third-order valence-electron chi connectivity index (χ3n) is 5.73. The van der Waals surface area contributed by atoms with E-state index in [1.54, 1.807) is 6.26 Å². The van der Waals surface area contributed by atoms with Crippen LogP contribution in [-0.4, -0.2) is 21.7 Å². The lowest BCUT2D eigenvalue weighted by Gasteiger charge is -2.30. The highest BCUT2D eigenvalue weighted by Crippen LogP contribution is 2.38. The maximum absolute atomic E-state index is 11.9. The number of benzene rings is 2. The Hall–Kier alpha value is -3.31. The molecule has 29 heavy (non-hydrogen) atoms. The van der Waals surface area contributed by atoms with Crippen LogP contribution in [0.3, 0.4) is 0 Å². The van der Waals surface area contributed by atoms with Gasteiger partial charge in [0, 0.05) is 29.6 Å². The van der Waals surface area contributed by atoms with Gasteiger partial charge in [0.15, 0.2) is 0 Å². The van der Waals surface area contributed by atoms with E-state index in [2.05, 4.69) is 47.1 Å². The van der Waals surface area contributed by atoms with Crippen LogP contribution >= 0.6 is 0 Å². The Morgan fingerprint density at radius 3 is 2.72 bits per heavy atom. The van der Waals surface area contributed by atoms with Crippen LogP contribution in [0.5, 0.6) is 0 Å². The van der Waals surface area contributed by atoms with Crippen molar-refractivity contribution in [3.8, 4) is 0 Å². The van der Waals surface area contributed by atoms with E-state index in [9.17, 15) is 9.90 Å². The molecule has 0 radical (unpaired) electrons. The molecule has 2 N–H and O–H groups in total. The van der Waals surface area contributed by atoms with Crippen molar-refractivity contribution in [3.05, 3.63) is 95.1 Å². The van der Waals surface area contributed by atoms with Crippen molar-refractivity contribution in [1.29, 1.82) is 0 Å². The number of hydrogen-bond acceptors (Lipinski definition) is 3. The number of fused-ring (bicyclic) bond motifs is 3. The number of aliphatic carboxylic acids is 1. The van der Waals surface area contributed by atoms with Crippen molar-refractivity contribution in [2.24, 2.45) is 0 Å². The molecule has 0 saturated carbocycles. The molecule has 2 aromatic heterocycles. The van der Waals surface area contributed by atoms with Gasteiger partial charge in [0.05, 0.1) is 6.26 Å². The second-order valence-electron chi connectivity index (χ2n) is 7.67. The lowest BCUT2D eigenvalue weighted by molar-refractivity contribution is -0.139. The van der Waals surface area contributed by atoms with Crippen molar-refractivity contribution in [1.82, 2.24) is 9.88 Å². The summed E-state index contributed by atoms with van der Waals surface area (Å²) in [5.41, 5.74) is 5.66. The number of rotatable bonds is 4. The van der Waals surface area contributed by atoms with Crippen LogP contribution in [0, 0.1) is 6.92 Å². The third kappa shape index (κ3) is 3.04. The smallest absolute Gasteiger partial charge is 0.321 e. The number of aromatic nitrogens is 1. The van der Waals surface area contributed by atoms with Gasteiger partial charge in [0.2, 0.25) is 0 Å². The number of hydrogen-bond donors (Lipinski definition) is 2. The molecule has 0 saturated heterocycles. The predicted octanol–water partition coefficient (Wildman–Crippen LogP) is 4.28.